The second-order valence-corrected chi connectivity index (χ2v) is 4.96. The highest BCUT2D eigenvalue weighted by Crippen LogP contribution is 2.34. The first-order chi connectivity index (χ1) is 8.26. The SMILES string of the molecule is CCC(O)c1ccccc1N(CC)CC1CC1. The van der Waals surface area contributed by atoms with Crippen molar-refractivity contribution in [2.75, 3.05) is 18.0 Å². The van der Waals surface area contributed by atoms with Gasteiger partial charge in [-0.1, -0.05) is 25.1 Å². The smallest absolute Gasteiger partial charge is 0.0807 e. The molecule has 1 aliphatic rings. The molecule has 0 saturated heterocycles. The van der Waals surface area contributed by atoms with Gasteiger partial charge in [-0.2, -0.15) is 0 Å². The molecular formula is C15H23NO. The number of aliphatic hydroxyl groups is 1. The monoisotopic (exact) mass is 233 g/mol. The maximum atomic E-state index is 10.1. The van der Waals surface area contributed by atoms with Crippen LogP contribution in [-0.2, 0) is 0 Å². The predicted molar refractivity (Wildman–Crippen MR) is 72.3 cm³/mol. The fraction of sp³-hybridized carbons (Fsp3) is 0.600. The summed E-state index contributed by atoms with van der Waals surface area (Å²) in [5.41, 5.74) is 2.30. The van der Waals surface area contributed by atoms with Crippen LogP contribution >= 0.6 is 0 Å². The third kappa shape index (κ3) is 3.01. The summed E-state index contributed by atoms with van der Waals surface area (Å²) in [5, 5.41) is 10.1. The van der Waals surface area contributed by atoms with E-state index in [1.807, 2.05) is 13.0 Å². The third-order valence-corrected chi connectivity index (χ3v) is 3.58. The lowest BCUT2D eigenvalue weighted by atomic mass is 10.0. The Morgan fingerprint density at radius 1 is 1.29 bits per heavy atom. The number of benzene rings is 1. The Kier molecular flexibility index (Phi) is 4.06. The van der Waals surface area contributed by atoms with Gasteiger partial charge in [0.05, 0.1) is 6.10 Å². The molecule has 0 aliphatic heterocycles. The third-order valence-electron chi connectivity index (χ3n) is 3.58. The molecule has 1 saturated carbocycles. The van der Waals surface area contributed by atoms with Crippen LogP contribution < -0.4 is 4.90 Å². The molecular weight excluding hydrogens is 210 g/mol. The van der Waals surface area contributed by atoms with Crippen LogP contribution in [0.5, 0.6) is 0 Å². The molecule has 1 unspecified atom stereocenters. The van der Waals surface area contributed by atoms with Gasteiger partial charge in [0.1, 0.15) is 0 Å². The van der Waals surface area contributed by atoms with Crippen molar-refractivity contribution in [1.29, 1.82) is 0 Å². The molecule has 2 nitrogen and oxygen atoms in total. The maximum absolute atomic E-state index is 10.1. The maximum Gasteiger partial charge on any atom is 0.0807 e. The van der Waals surface area contributed by atoms with E-state index in [0.29, 0.717) is 0 Å². The van der Waals surface area contributed by atoms with Crippen molar-refractivity contribution >= 4 is 5.69 Å². The van der Waals surface area contributed by atoms with Crippen LogP contribution in [0, 0.1) is 5.92 Å². The number of hydrogen-bond donors (Lipinski definition) is 1. The van der Waals surface area contributed by atoms with E-state index in [1.54, 1.807) is 0 Å². The van der Waals surface area contributed by atoms with Gasteiger partial charge in [-0.15, -0.1) is 0 Å². The van der Waals surface area contributed by atoms with Crippen molar-refractivity contribution in [3.05, 3.63) is 29.8 Å². The quantitative estimate of drug-likeness (QED) is 0.814. The number of aliphatic hydroxyl groups excluding tert-OH is 1. The van der Waals surface area contributed by atoms with E-state index in [4.69, 9.17) is 0 Å². The normalized spacial score (nSPS) is 16.9. The van der Waals surface area contributed by atoms with Crippen molar-refractivity contribution in [3.63, 3.8) is 0 Å². The molecule has 0 spiro atoms. The van der Waals surface area contributed by atoms with Crippen molar-refractivity contribution in [3.8, 4) is 0 Å². The zero-order valence-electron chi connectivity index (χ0n) is 10.9. The number of rotatable bonds is 6. The fourth-order valence-electron chi connectivity index (χ4n) is 2.29. The minimum Gasteiger partial charge on any atom is -0.388 e. The average Bonchev–Trinajstić information content (AvgIpc) is 3.19. The lowest BCUT2D eigenvalue weighted by molar-refractivity contribution is 0.174. The zero-order valence-corrected chi connectivity index (χ0v) is 10.9. The van der Waals surface area contributed by atoms with Crippen LogP contribution in [0.15, 0.2) is 24.3 Å². The van der Waals surface area contributed by atoms with Crippen molar-refractivity contribution in [1.82, 2.24) is 0 Å². The molecule has 1 aromatic carbocycles. The second-order valence-electron chi connectivity index (χ2n) is 4.96. The summed E-state index contributed by atoms with van der Waals surface area (Å²) in [6.07, 6.45) is 3.18. The van der Waals surface area contributed by atoms with Gasteiger partial charge < -0.3 is 10.0 Å². The van der Waals surface area contributed by atoms with Gasteiger partial charge >= 0.3 is 0 Å². The molecule has 94 valence electrons. The average molecular weight is 233 g/mol. The van der Waals surface area contributed by atoms with Crippen molar-refractivity contribution in [2.45, 2.75) is 39.2 Å². The van der Waals surface area contributed by atoms with E-state index in [2.05, 4.69) is 30.0 Å². The Balaban J connectivity index is 2.21. The molecule has 0 radical (unpaired) electrons. The summed E-state index contributed by atoms with van der Waals surface area (Å²) in [6.45, 7) is 6.38. The molecule has 1 atom stereocenters. The van der Waals surface area contributed by atoms with E-state index >= 15 is 0 Å². The van der Waals surface area contributed by atoms with Crippen molar-refractivity contribution < 1.29 is 5.11 Å². The lowest BCUT2D eigenvalue weighted by Crippen LogP contribution is -2.26. The molecule has 1 aliphatic carbocycles. The van der Waals surface area contributed by atoms with Gasteiger partial charge in [-0.05, 0) is 38.2 Å². The molecule has 1 N–H and O–H groups in total. The number of nitrogens with zero attached hydrogens (tertiary/aromatic N) is 1. The molecule has 1 aromatic rings. The van der Waals surface area contributed by atoms with Crippen molar-refractivity contribution in [2.24, 2.45) is 5.92 Å². The van der Waals surface area contributed by atoms with Crippen LogP contribution in [0.2, 0.25) is 0 Å². The van der Waals surface area contributed by atoms with E-state index in [9.17, 15) is 5.11 Å². The first kappa shape index (κ1) is 12.4. The molecule has 2 heteroatoms. The molecule has 17 heavy (non-hydrogen) atoms. The number of hydrogen-bond acceptors (Lipinski definition) is 2. The standard InChI is InChI=1S/C15H23NO/c1-3-15(17)13-7-5-6-8-14(13)16(4-2)11-12-9-10-12/h5-8,12,15,17H,3-4,9-11H2,1-2H3. The highest BCUT2D eigenvalue weighted by Gasteiger charge is 2.25. The lowest BCUT2D eigenvalue weighted by Gasteiger charge is -2.27. The first-order valence-electron chi connectivity index (χ1n) is 6.78. The van der Waals surface area contributed by atoms with Crippen LogP contribution in [0.1, 0.15) is 44.8 Å². The summed E-state index contributed by atoms with van der Waals surface area (Å²) in [6, 6.07) is 8.28. The van der Waals surface area contributed by atoms with Gasteiger partial charge in [-0.3, -0.25) is 0 Å². The van der Waals surface area contributed by atoms with E-state index < -0.39 is 0 Å². The van der Waals surface area contributed by atoms with Crippen LogP contribution in [0.3, 0.4) is 0 Å². The summed E-state index contributed by atoms with van der Waals surface area (Å²) in [5.74, 6) is 0.877. The Labute approximate surface area is 104 Å². The zero-order chi connectivity index (χ0) is 12.3. The molecule has 0 amide bonds. The number of para-hydroxylation sites is 1. The Morgan fingerprint density at radius 3 is 2.59 bits per heavy atom. The van der Waals surface area contributed by atoms with E-state index in [1.165, 1.54) is 18.5 Å². The van der Waals surface area contributed by atoms with Gasteiger partial charge in [0.15, 0.2) is 0 Å². The first-order valence-corrected chi connectivity index (χ1v) is 6.78. The van der Waals surface area contributed by atoms with Gasteiger partial charge in [-0.25, -0.2) is 0 Å². The van der Waals surface area contributed by atoms with Gasteiger partial charge in [0, 0.05) is 24.3 Å². The second kappa shape index (κ2) is 5.54. The molecule has 2 rings (SSSR count). The highest BCUT2D eigenvalue weighted by molar-refractivity contribution is 5.54. The Morgan fingerprint density at radius 2 is 2.00 bits per heavy atom. The van der Waals surface area contributed by atoms with E-state index in [-0.39, 0.29) is 6.10 Å². The van der Waals surface area contributed by atoms with E-state index in [0.717, 1.165) is 31.0 Å². The van der Waals surface area contributed by atoms with Gasteiger partial charge in [0.2, 0.25) is 0 Å². The molecule has 0 aromatic heterocycles. The summed E-state index contributed by atoms with van der Waals surface area (Å²) in [7, 11) is 0. The largest absolute Gasteiger partial charge is 0.388 e. The summed E-state index contributed by atoms with van der Waals surface area (Å²) >= 11 is 0. The van der Waals surface area contributed by atoms with Crippen LogP contribution in [0.4, 0.5) is 5.69 Å². The Bertz CT molecular complexity index is 360. The van der Waals surface area contributed by atoms with Crippen LogP contribution in [-0.4, -0.2) is 18.2 Å². The topological polar surface area (TPSA) is 23.5 Å². The Hall–Kier alpha value is -1.02. The fourth-order valence-corrected chi connectivity index (χ4v) is 2.29. The van der Waals surface area contributed by atoms with Crippen LogP contribution in [0.25, 0.3) is 0 Å². The molecule has 0 bridgehead atoms. The number of anilines is 1. The summed E-state index contributed by atoms with van der Waals surface area (Å²) in [4.78, 5) is 2.41. The molecule has 0 heterocycles. The predicted octanol–water partition coefficient (Wildman–Crippen LogP) is 3.37. The summed E-state index contributed by atoms with van der Waals surface area (Å²) < 4.78 is 0. The minimum absolute atomic E-state index is 0.334. The van der Waals surface area contributed by atoms with Gasteiger partial charge in [0.25, 0.3) is 0 Å². The minimum atomic E-state index is -0.334. The molecule has 1 fully saturated rings. The highest BCUT2D eigenvalue weighted by atomic mass is 16.3.